The zero-order chi connectivity index (χ0) is 16.9. The second-order valence-electron chi connectivity index (χ2n) is 5.80. The highest BCUT2D eigenvalue weighted by Gasteiger charge is 2.22. The molecule has 0 aliphatic carbocycles. The number of aromatic nitrogens is 3. The van der Waals surface area contributed by atoms with E-state index in [1.165, 1.54) is 6.20 Å². The quantitative estimate of drug-likeness (QED) is 0.875. The number of anilines is 2. The molecule has 0 aromatic carbocycles. The highest BCUT2D eigenvalue weighted by Crippen LogP contribution is 2.20. The van der Waals surface area contributed by atoms with E-state index in [1.807, 2.05) is 0 Å². The van der Waals surface area contributed by atoms with Crippen LogP contribution in [-0.2, 0) is 0 Å². The number of amides is 1. The van der Waals surface area contributed by atoms with Gasteiger partial charge < -0.3 is 16.0 Å². The molecule has 3 rings (SSSR count). The van der Waals surface area contributed by atoms with E-state index in [-0.39, 0.29) is 5.91 Å². The smallest absolute Gasteiger partial charge is 0.252 e. The first-order chi connectivity index (χ1) is 11.6. The summed E-state index contributed by atoms with van der Waals surface area (Å²) in [6.07, 6.45) is 6.75. The molecule has 1 atom stereocenters. The van der Waals surface area contributed by atoms with Gasteiger partial charge in [-0.25, -0.2) is 4.98 Å². The number of carbonyl (C=O) groups excluding carboxylic acids is 1. The molecule has 2 aromatic heterocycles. The summed E-state index contributed by atoms with van der Waals surface area (Å²) in [4.78, 5) is 26.8. The molecular weight excluding hydrogens is 328 g/mol. The Morgan fingerprint density at radius 3 is 3.08 bits per heavy atom. The van der Waals surface area contributed by atoms with Crippen LogP contribution in [0.25, 0.3) is 0 Å². The summed E-state index contributed by atoms with van der Waals surface area (Å²) >= 11 is 6.00. The van der Waals surface area contributed by atoms with E-state index >= 15 is 0 Å². The molecule has 0 spiro atoms. The van der Waals surface area contributed by atoms with Crippen LogP contribution in [0.4, 0.5) is 11.8 Å². The average molecular weight is 347 g/mol. The standard InChI is InChI=1S/C16H19ClN6O/c17-13-9-19-5-3-12(13)15(24)21-8-11-2-1-7-23(10-11)16-20-6-4-14(18)22-16/h3-6,9,11H,1-2,7-8,10H2,(H,21,24)(H2,18,20,22). The molecular formula is C16H19ClN6O. The van der Waals surface area contributed by atoms with Crippen molar-refractivity contribution >= 4 is 29.3 Å². The summed E-state index contributed by atoms with van der Waals surface area (Å²) in [6.45, 7) is 2.26. The predicted octanol–water partition coefficient (Wildman–Crippen LogP) is 1.75. The maximum atomic E-state index is 12.2. The number of nitrogens with two attached hydrogens (primary N) is 1. The van der Waals surface area contributed by atoms with Crippen LogP contribution in [0.3, 0.4) is 0 Å². The van der Waals surface area contributed by atoms with Gasteiger partial charge in [0, 0.05) is 38.2 Å². The van der Waals surface area contributed by atoms with Gasteiger partial charge in [0.15, 0.2) is 0 Å². The lowest BCUT2D eigenvalue weighted by Gasteiger charge is -2.32. The molecule has 0 bridgehead atoms. The number of piperidine rings is 1. The van der Waals surface area contributed by atoms with Gasteiger partial charge >= 0.3 is 0 Å². The molecule has 2 aromatic rings. The van der Waals surface area contributed by atoms with Gasteiger partial charge in [-0.05, 0) is 30.9 Å². The number of carbonyl (C=O) groups is 1. The van der Waals surface area contributed by atoms with Crippen molar-refractivity contribution in [2.45, 2.75) is 12.8 Å². The van der Waals surface area contributed by atoms with Crippen LogP contribution in [0.5, 0.6) is 0 Å². The fourth-order valence-corrected chi connectivity index (χ4v) is 3.02. The molecule has 1 saturated heterocycles. The van der Waals surface area contributed by atoms with E-state index in [0.717, 1.165) is 25.9 Å². The summed E-state index contributed by atoms with van der Waals surface area (Å²) in [7, 11) is 0. The van der Waals surface area contributed by atoms with Crippen molar-refractivity contribution in [3.8, 4) is 0 Å². The van der Waals surface area contributed by atoms with Gasteiger partial charge in [0.05, 0.1) is 10.6 Å². The van der Waals surface area contributed by atoms with E-state index in [2.05, 4.69) is 25.2 Å². The molecule has 1 unspecified atom stereocenters. The molecule has 24 heavy (non-hydrogen) atoms. The maximum Gasteiger partial charge on any atom is 0.252 e. The van der Waals surface area contributed by atoms with Gasteiger partial charge in [0.1, 0.15) is 5.82 Å². The molecule has 126 valence electrons. The van der Waals surface area contributed by atoms with Gasteiger partial charge in [0.25, 0.3) is 5.91 Å². The Morgan fingerprint density at radius 1 is 1.42 bits per heavy atom. The predicted molar refractivity (Wildman–Crippen MR) is 93.0 cm³/mol. The van der Waals surface area contributed by atoms with Crippen LogP contribution >= 0.6 is 11.6 Å². The van der Waals surface area contributed by atoms with Gasteiger partial charge in [-0.1, -0.05) is 11.6 Å². The summed E-state index contributed by atoms with van der Waals surface area (Å²) in [6, 6.07) is 3.29. The zero-order valence-electron chi connectivity index (χ0n) is 13.2. The number of hydrogen-bond donors (Lipinski definition) is 2. The number of nitrogens with zero attached hydrogens (tertiary/aromatic N) is 4. The first-order valence-corrected chi connectivity index (χ1v) is 8.22. The largest absolute Gasteiger partial charge is 0.384 e. The number of halogens is 1. The third-order valence-corrected chi connectivity index (χ3v) is 4.34. The Hall–Kier alpha value is -2.41. The van der Waals surface area contributed by atoms with Crippen LogP contribution in [0.2, 0.25) is 5.02 Å². The lowest BCUT2D eigenvalue weighted by atomic mass is 9.98. The molecule has 3 N–H and O–H groups in total. The van der Waals surface area contributed by atoms with E-state index < -0.39 is 0 Å². The van der Waals surface area contributed by atoms with Crippen molar-refractivity contribution in [2.75, 3.05) is 30.3 Å². The topological polar surface area (TPSA) is 97.0 Å². The first kappa shape index (κ1) is 16.4. The monoisotopic (exact) mass is 346 g/mol. The molecule has 1 aliphatic rings. The van der Waals surface area contributed by atoms with E-state index in [0.29, 0.717) is 34.8 Å². The normalized spacial score (nSPS) is 17.5. The van der Waals surface area contributed by atoms with Gasteiger partial charge in [-0.3, -0.25) is 9.78 Å². The SMILES string of the molecule is Nc1ccnc(N2CCCC(CNC(=O)c3ccncc3Cl)C2)n1. The highest BCUT2D eigenvalue weighted by molar-refractivity contribution is 6.33. The fourth-order valence-electron chi connectivity index (χ4n) is 2.82. The highest BCUT2D eigenvalue weighted by atomic mass is 35.5. The molecule has 3 heterocycles. The fraction of sp³-hybridized carbons (Fsp3) is 0.375. The average Bonchev–Trinajstić information content (AvgIpc) is 2.60. The van der Waals surface area contributed by atoms with E-state index in [1.54, 1.807) is 24.5 Å². The Morgan fingerprint density at radius 2 is 2.29 bits per heavy atom. The lowest BCUT2D eigenvalue weighted by Crippen LogP contribution is -2.41. The summed E-state index contributed by atoms with van der Waals surface area (Å²) in [5, 5.41) is 3.30. The summed E-state index contributed by atoms with van der Waals surface area (Å²) < 4.78 is 0. The van der Waals surface area contributed by atoms with E-state index in [4.69, 9.17) is 17.3 Å². The minimum Gasteiger partial charge on any atom is -0.384 e. The Bertz CT molecular complexity index is 725. The zero-order valence-corrected chi connectivity index (χ0v) is 13.9. The van der Waals surface area contributed by atoms with Crippen molar-refractivity contribution in [3.05, 3.63) is 41.3 Å². The molecule has 1 amide bonds. The van der Waals surface area contributed by atoms with Crippen molar-refractivity contribution in [2.24, 2.45) is 5.92 Å². The number of pyridine rings is 1. The molecule has 7 nitrogen and oxygen atoms in total. The van der Waals surface area contributed by atoms with Crippen LogP contribution < -0.4 is 16.0 Å². The number of nitrogens with one attached hydrogen (secondary N) is 1. The summed E-state index contributed by atoms with van der Waals surface area (Å²) in [5.74, 6) is 1.25. The third-order valence-electron chi connectivity index (χ3n) is 4.03. The molecule has 1 aliphatic heterocycles. The van der Waals surface area contributed by atoms with Crippen molar-refractivity contribution in [1.29, 1.82) is 0 Å². The Kier molecular flexibility index (Phi) is 5.10. The van der Waals surface area contributed by atoms with Crippen LogP contribution in [0.1, 0.15) is 23.2 Å². The van der Waals surface area contributed by atoms with Crippen LogP contribution in [0, 0.1) is 5.92 Å². The van der Waals surface area contributed by atoms with Crippen molar-refractivity contribution < 1.29 is 4.79 Å². The van der Waals surface area contributed by atoms with Crippen LogP contribution in [-0.4, -0.2) is 40.5 Å². The van der Waals surface area contributed by atoms with Crippen LogP contribution in [0.15, 0.2) is 30.7 Å². The van der Waals surface area contributed by atoms with Gasteiger partial charge in [0.2, 0.25) is 5.95 Å². The molecule has 8 heteroatoms. The number of nitrogen functional groups attached to an aromatic ring is 1. The first-order valence-electron chi connectivity index (χ1n) is 7.84. The Labute approximate surface area is 145 Å². The molecule has 1 fully saturated rings. The van der Waals surface area contributed by atoms with Crippen molar-refractivity contribution in [1.82, 2.24) is 20.3 Å². The van der Waals surface area contributed by atoms with Gasteiger partial charge in [-0.15, -0.1) is 0 Å². The molecule has 0 radical (unpaired) electrons. The minimum absolute atomic E-state index is 0.181. The van der Waals surface area contributed by atoms with Crippen molar-refractivity contribution in [3.63, 3.8) is 0 Å². The third kappa shape index (κ3) is 3.91. The number of rotatable bonds is 4. The second-order valence-corrected chi connectivity index (χ2v) is 6.21. The van der Waals surface area contributed by atoms with E-state index in [9.17, 15) is 4.79 Å². The van der Waals surface area contributed by atoms with Gasteiger partial charge in [-0.2, -0.15) is 4.98 Å². The summed E-state index contributed by atoms with van der Waals surface area (Å²) in [5.41, 5.74) is 6.17. The molecule has 0 saturated carbocycles. The number of hydrogen-bond acceptors (Lipinski definition) is 6. The minimum atomic E-state index is -0.181. The second kappa shape index (κ2) is 7.44. The maximum absolute atomic E-state index is 12.2. The lowest BCUT2D eigenvalue weighted by molar-refractivity contribution is 0.0945. The Balaban J connectivity index is 1.58.